The normalized spacial score (nSPS) is 18.3. The predicted molar refractivity (Wildman–Crippen MR) is 109 cm³/mol. The summed E-state index contributed by atoms with van der Waals surface area (Å²) in [5, 5.41) is 4.74. The number of ether oxygens (including phenoxy) is 1. The quantitative estimate of drug-likeness (QED) is 0.711. The number of methoxy groups -OCH3 is 1. The van der Waals surface area contributed by atoms with Gasteiger partial charge in [-0.3, -0.25) is 4.90 Å². The maximum Gasteiger partial charge on any atom is 0.137 e. The molecule has 0 amide bonds. The lowest BCUT2D eigenvalue weighted by Gasteiger charge is -2.35. The van der Waals surface area contributed by atoms with Gasteiger partial charge in [0.1, 0.15) is 11.3 Å². The number of furan rings is 1. The van der Waals surface area contributed by atoms with Gasteiger partial charge in [-0.15, -0.1) is 0 Å². The first-order valence-corrected chi connectivity index (χ1v) is 9.74. The Kier molecular flexibility index (Phi) is 5.19. The zero-order valence-electron chi connectivity index (χ0n) is 16.4. The topological polar surface area (TPSA) is 37.6 Å². The molecule has 1 fully saturated rings. The number of piperazine rings is 1. The molecule has 2 heterocycles. The van der Waals surface area contributed by atoms with E-state index in [1.807, 2.05) is 6.07 Å². The Morgan fingerprint density at radius 1 is 1.22 bits per heavy atom. The molecule has 1 aliphatic rings. The molecule has 3 aromatic rings. The average molecular weight is 364 g/mol. The summed E-state index contributed by atoms with van der Waals surface area (Å²) in [4.78, 5) is 2.52. The van der Waals surface area contributed by atoms with Crippen molar-refractivity contribution in [1.29, 1.82) is 0 Å². The predicted octanol–water partition coefficient (Wildman–Crippen LogP) is 4.71. The first-order valence-electron chi connectivity index (χ1n) is 9.74. The van der Waals surface area contributed by atoms with Crippen molar-refractivity contribution in [3.8, 4) is 5.75 Å². The highest BCUT2D eigenvalue weighted by Crippen LogP contribution is 2.30. The van der Waals surface area contributed by atoms with Crippen molar-refractivity contribution in [2.24, 2.45) is 0 Å². The van der Waals surface area contributed by atoms with Gasteiger partial charge in [-0.1, -0.05) is 38.1 Å². The Morgan fingerprint density at radius 3 is 2.89 bits per heavy atom. The second-order valence-corrected chi connectivity index (χ2v) is 7.66. The van der Waals surface area contributed by atoms with Crippen LogP contribution in [0.15, 0.2) is 53.1 Å². The summed E-state index contributed by atoms with van der Waals surface area (Å²) in [5.41, 5.74) is 4.99. The molecule has 27 heavy (non-hydrogen) atoms. The summed E-state index contributed by atoms with van der Waals surface area (Å²) in [5.74, 6) is 1.41. The SMILES string of the molecule is COc1cc(CN2CCNC(c3ccccc3C(C)C)C2)cc2occc12. The van der Waals surface area contributed by atoms with Gasteiger partial charge in [-0.05, 0) is 40.8 Å². The molecule has 4 rings (SSSR count). The van der Waals surface area contributed by atoms with Crippen molar-refractivity contribution < 1.29 is 9.15 Å². The fourth-order valence-corrected chi connectivity index (χ4v) is 4.13. The van der Waals surface area contributed by atoms with E-state index in [0.717, 1.165) is 42.9 Å². The van der Waals surface area contributed by atoms with Gasteiger partial charge in [-0.25, -0.2) is 0 Å². The van der Waals surface area contributed by atoms with Crippen molar-refractivity contribution in [2.45, 2.75) is 32.4 Å². The number of benzene rings is 2. The second-order valence-electron chi connectivity index (χ2n) is 7.66. The minimum atomic E-state index is 0.367. The molecular formula is C23H28N2O2. The third kappa shape index (κ3) is 3.73. The number of nitrogens with zero attached hydrogens (tertiary/aromatic N) is 1. The highest BCUT2D eigenvalue weighted by atomic mass is 16.5. The molecule has 1 aromatic heterocycles. The van der Waals surface area contributed by atoms with E-state index in [2.05, 4.69) is 60.5 Å². The van der Waals surface area contributed by atoms with Crippen molar-refractivity contribution >= 4 is 11.0 Å². The molecule has 0 saturated carbocycles. The fraction of sp³-hybridized carbons (Fsp3) is 0.391. The minimum absolute atomic E-state index is 0.367. The van der Waals surface area contributed by atoms with Gasteiger partial charge in [0.25, 0.3) is 0 Å². The van der Waals surface area contributed by atoms with Crippen molar-refractivity contribution in [3.63, 3.8) is 0 Å². The monoisotopic (exact) mass is 364 g/mol. The summed E-state index contributed by atoms with van der Waals surface area (Å²) in [6.07, 6.45) is 1.72. The van der Waals surface area contributed by atoms with Gasteiger partial charge in [0, 0.05) is 32.2 Å². The van der Waals surface area contributed by atoms with Gasteiger partial charge in [0.2, 0.25) is 0 Å². The Bertz CT molecular complexity index is 916. The van der Waals surface area contributed by atoms with E-state index in [-0.39, 0.29) is 0 Å². The van der Waals surface area contributed by atoms with Crippen molar-refractivity contribution in [3.05, 3.63) is 65.4 Å². The maximum atomic E-state index is 5.61. The van der Waals surface area contributed by atoms with Gasteiger partial charge in [0.05, 0.1) is 18.8 Å². The van der Waals surface area contributed by atoms with Crippen LogP contribution in [0.5, 0.6) is 5.75 Å². The largest absolute Gasteiger partial charge is 0.496 e. The van der Waals surface area contributed by atoms with Gasteiger partial charge in [0.15, 0.2) is 0 Å². The van der Waals surface area contributed by atoms with Crippen LogP contribution in [-0.4, -0.2) is 31.6 Å². The van der Waals surface area contributed by atoms with E-state index >= 15 is 0 Å². The Labute approximate surface area is 161 Å². The first-order chi connectivity index (χ1) is 13.2. The summed E-state index contributed by atoms with van der Waals surface area (Å²) < 4.78 is 11.2. The lowest BCUT2D eigenvalue weighted by molar-refractivity contribution is 0.192. The lowest BCUT2D eigenvalue weighted by Crippen LogP contribution is -2.45. The molecular weight excluding hydrogens is 336 g/mol. The van der Waals surface area contributed by atoms with Gasteiger partial charge < -0.3 is 14.5 Å². The molecule has 1 atom stereocenters. The Balaban J connectivity index is 1.54. The van der Waals surface area contributed by atoms with Crippen LogP contribution < -0.4 is 10.1 Å². The maximum absolute atomic E-state index is 5.61. The summed E-state index contributed by atoms with van der Waals surface area (Å²) in [7, 11) is 1.72. The van der Waals surface area contributed by atoms with E-state index in [0.29, 0.717) is 12.0 Å². The van der Waals surface area contributed by atoms with E-state index in [9.17, 15) is 0 Å². The van der Waals surface area contributed by atoms with Crippen molar-refractivity contribution in [1.82, 2.24) is 10.2 Å². The number of rotatable bonds is 5. The standard InChI is InChI=1S/C23H28N2O2/c1-16(2)18-6-4-5-7-19(18)21-15-25(10-9-24-21)14-17-12-22(26-3)20-8-11-27-23(20)13-17/h4-8,11-13,16,21,24H,9-10,14-15H2,1-3H3. The molecule has 1 saturated heterocycles. The summed E-state index contributed by atoms with van der Waals surface area (Å²) in [6, 6.07) is 15.4. The molecule has 2 aromatic carbocycles. The van der Waals surface area contributed by atoms with Crippen LogP contribution >= 0.6 is 0 Å². The fourth-order valence-electron chi connectivity index (χ4n) is 4.13. The minimum Gasteiger partial charge on any atom is -0.496 e. The van der Waals surface area contributed by atoms with Crippen LogP contribution in [0.25, 0.3) is 11.0 Å². The Hall–Kier alpha value is -2.30. The van der Waals surface area contributed by atoms with Crippen LogP contribution in [0.1, 0.15) is 42.5 Å². The van der Waals surface area contributed by atoms with Crippen LogP contribution in [0.3, 0.4) is 0 Å². The molecule has 0 radical (unpaired) electrons. The average Bonchev–Trinajstić information content (AvgIpc) is 3.16. The zero-order valence-corrected chi connectivity index (χ0v) is 16.4. The molecule has 4 nitrogen and oxygen atoms in total. The zero-order chi connectivity index (χ0) is 18.8. The molecule has 142 valence electrons. The Morgan fingerprint density at radius 2 is 2.07 bits per heavy atom. The third-order valence-corrected chi connectivity index (χ3v) is 5.47. The first kappa shape index (κ1) is 18.1. The van der Waals surface area contributed by atoms with Gasteiger partial charge >= 0.3 is 0 Å². The van der Waals surface area contributed by atoms with Gasteiger partial charge in [-0.2, -0.15) is 0 Å². The van der Waals surface area contributed by atoms with Crippen LogP contribution in [0, 0.1) is 0 Å². The number of hydrogen-bond donors (Lipinski definition) is 1. The van der Waals surface area contributed by atoms with E-state index < -0.39 is 0 Å². The number of fused-ring (bicyclic) bond motifs is 1. The van der Waals surface area contributed by atoms with Crippen LogP contribution in [0.2, 0.25) is 0 Å². The molecule has 4 heteroatoms. The van der Waals surface area contributed by atoms with E-state index in [1.54, 1.807) is 13.4 Å². The molecule has 0 bridgehead atoms. The lowest BCUT2D eigenvalue weighted by atomic mass is 9.92. The second kappa shape index (κ2) is 7.75. The molecule has 0 spiro atoms. The third-order valence-electron chi connectivity index (χ3n) is 5.47. The smallest absolute Gasteiger partial charge is 0.137 e. The molecule has 1 N–H and O–H groups in total. The van der Waals surface area contributed by atoms with Crippen LogP contribution in [0.4, 0.5) is 0 Å². The number of nitrogens with one attached hydrogen (secondary N) is 1. The molecule has 1 unspecified atom stereocenters. The van der Waals surface area contributed by atoms with E-state index in [1.165, 1.54) is 16.7 Å². The highest BCUT2D eigenvalue weighted by molar-refractivity contribution is 5.84. The highest BCUT2D eigenvalue weighted by Gasteiger charge is 2.23. The molecule has 0 aliphatic carbocycles. The summed E-state index contributed by atoms with van der Waals surface area (Å²) >= 11 is 0. The van der Waals surface area contributed by atoms with E-state index in [4.69, 9.17) is 9.15 Å². The molecule has 1 aliphatic heterocycles. The summed E-state index contributed by atoms with van der Waals surface area (Å²) in [6.45, 7) is 8.47. The number of hydrogen-bond acceptors (Lipinski definition) is 4. The van der Waals surface area contributed by atoms with Crippen LogP contribution in [-0.2, 0) is 6.54 Å². The van der Waals surface area contributed by atoms with Crippen molar-refractivity contribution in [2.75, 3.05) is 26.7 Å².